The Morgan fingerprint density at radius 2 is 0.694 bits per heavy atom. The van der Waals surface area contributed by atoms with Crippen LogP contribution in [0, 0.1) is 0 Å². The standard InChI is InChI=1S/C20H18O16/c21-13(22)1-5-17(29)33-9-11(35-19(31)7-3-15(25)26)12(36-20(32)8-4-16(27)28)10-34-18(30)6-2-14(23)24/h1-8,11-12H,9-10H2,(H,21,22)(H,23,24)(H,25,26)(H,27,28). The summed E-state index contributed by atoms with van der Waals surface area (Å²) in [6.07, 6.45) is -0.306. The lowest BCUT2D eigenvalue weighted by atomic mass is 10.2. The zero-order valence-corrected chi connectivity index (χ0v) is 17.9. The highest BCUT2D eigenvalue weighted by Crippen LogP contribution is 2.10. The van der Waals surface area contributed by atoms with Crippen molar-refractivity contribution in [1.82, 2.24) is 0 Å². The zero-order chi connectivity index (χ0) is 27.7. The predicted molar refractivity (Wildman–Crippen MR) is 109 cm³/mol. The summed E-state index contributed by atoms with van der Waals surface area (Å²) in [5.74, 6) is -11.4. The molecule has 0 bridgehead atoms. The van der Waals surface area contributed by atoms with E-state index in [2.05, 4.69) is 9.47 Å². The minimum Gasteiger partial charge on any atom is -0.478 e. The van der Waals surface area contributed by atoms with E-state index in [4.69, 9.17) is 29.9 Å². The number of carboxylic acid groups (broad SMARTS) is 4. The van der Waals surface area contributed by atoms with E-state index in [-0.39, 0.29) is 0 Å². The van der Waals surface area contributed by atoms with Crippen molar-refractivity contribution in [3.63, 3.8) is 0 Å². The molecule has 16 nitrogen and oxygen atoms in total. The summed E-state index contributed by atoms with van der Waals surface area (Å²) >= 11 is 0. The van der Waals surface area contributed by atoms with E-state index in [9.17, 15) is 38.4 Å². The summed E-state index contributed by atoms with van der Waals surface area (Å²) in [6, 6.07) is 0. The van der Waals surface area contributed by atoms with Crippen molar-refractivity contribution in [1.29, 1.82) is 0 Å². The van der Waals surface area contributed by atoms with Gasteiger partial charge in [-0.25, -0.2) is 38.4 Å². The van der Waals surface area contributed by atoms with E-state index < -0.39 is 73.2 Å². The normalized spacial score (nSPS) is 12.8. The summed E-state index contributed by atoms with van der Waals surface area (Å²) in [7, 11) is 0. The first-order valence-electron chi connectivity index (χ1n) is 9.19. The second kappa shape index (κ2) is 16.4. The van der Waals surface area contributed by atoms with Crippen LogP contribution < -0.4 is 0 Å². The van der Waals surface area contributed by atoms with Crippen LogP contribution in [0.15, 0.2) is 48.6 Å². The number of hydrogen-bond donors (Lipinski definition) is 4. The lowest BCUT2D eigenvalue weighted by molar-refractivity contribution is -0.176. The molecule has 4 N–H and O–H groups in total. The Balaban J connectivity index is 5.88. The highest BCUT2D eigenvalue weighted by atomic mass is 16.6. The minimum absolute atomic E-state index is 0.369. The number of carboxylic acids is 4. The second-order valence-electron chi connectivity index (χ2n) is 5.90. The van der Waals surface area contributed by atoms with Gasteiger partial charge in [-0.2, -0.15) is 0 Å². The topological polar surface area (TPSA) is 254 Å². The predicted octanol–water partition coefficient (Wildman–Crippen LogP) is -1.54. The Hall–Kier alpha value is -5.28. The molecule has 0 aromatic rings. The number of esters is 4. The molecule has 0 aliphatic carbocycles. The second-order valence-corrected chi connectivity index (χ2v) is 5.90. The van der Waals surface area contributed by atoms with Gasteiger partial charge in [-0.1, -0.05) is 0 Å². The van der Waals surface area contributed by atoms with Crippen LogP contribution >= 0.6 is 0 Å². The average Bonchev–Trinajstić information content (AvgIpc) is 2.78. The van der Waals surface area contributed by atoms with Gasteiger partial charge < -0.3 is 39.4 Å². The summed E-state index contributed by atoms with van der Waals surface area (Å²) < 4.78 is 19.1. The van der Waals surface area contributed by atoms with Gasteiger partial charge in [-0.3, -0.25) is 0 Å². The average molecular weight is 514 g/mol. The molecule has 0 aliphatic rings. The van der Waals surface area contributed by atoms with Gasteiger partial charge in [0.2, 0.25) is 0 Å². The first kappa shape index (κ1) is 30.7. The van der Waals surface area contributed by atoms with Gasteiger partial charge in [0.1, 0.15) is 13.2 Å². The lowest BCUT2D eigenvalue weighted by Crippen LogP contribution is -2.42. The van der Waals surface area contributed by atoms with Crippen LogP contribution in [0.4, 0.5) is 0 Å². The van der Waals surface area contributed by atoms with Crippen LogP contribution in [0.3, 0.4) is 0 Å². The molecule has 0 amide bonds. The fourth-order valence-electron chi connectivity index (χ4n) is 1.79. The fraction of sp³-hybridized carbons (Fsp3) is 0.200. The SMILES string of the molecule is O=C(O)C=CC(=O)OCC(OC(=O)C=CC(=O)O)C(COC(=O)C=CC(=O)O)OC(=O)C=CC(=O)O. The molecule has 0 aromatic carbocycles. The molecule has 0 fully saturated rings. The van der Waals surface area contributed by atoms with Crippen molar-refractivity contribution in [3.05, 3.63) is 48.6 Å². The van der Waals surface area contributed by atoms with E-state index in [1.165, 1.54) is 0 Å². The molecular weight excluding hydrogens is 496 g/mol. The smallest absolute Gasteiger partial charge is 0.331 e. The summed E-state index contributed by atoms with van der Waals surface area (Å²) in [5.41, 5.74) is 0. The Kier molecular flexibility index (Phi) is 14.0. The van der Waals surface area contributed by atoms with E-state index in [0.29, 0.717) is 48.6 Å². The number of hydrogen-bond acceptors (Lipinski definition) is 12. The largest absolute Gasteiger partial charge is 0.478 e. The maximum absolute atomic E-state index is 11.9. The van der Waals surface area contributed by atoms with Crippen LogP contribution in [0.5, 0.6) is 0 Å². The Labute approximate surface area is 200 Å². The minimum atomic E-state index is -1.82. The van der Waals surface area contributed by atoms with Crippen LogP contribution in [0.2, 0.25) is 0 Å². The molecule has 0 saturated heterocycles. The van der Waals surface area contributed by atoms with Crippen molar-refractivity contribution >= 4 is 47.8 Å². The van der Waals surface area contributed by atoms with Crippen LogP contribution in [-0.4, -0.2) is 93.6 Å². The van der Waals surface area contributed by atoms with Crippen molar-refractivity contribution in [2.45, 2.75) is 12.2 Å². The molecule has 36 heavy (non-hydrogen) atoms. The summed E-state index contributed by atoms with van der Waals surface area (Å²) in [6.45, 7) is -1.92. The molecular formula is C20H18O16. The molecule has 0 heterocycles. The van der Waals surface area contributed by atoms with Gasteiger partial charge in [0.25, 0.3) is 0 Å². The van der Waals surface area contributed by atoms with Crippen LogP contribution in [0.1, 0.15) is 0 Å². The van der Waals surface area contributed by atoms with Gasteiger partial charge in [-0.05, 0) is 0 Å². The summed E-state index contributed by atoms with van der Waals surface area (Å²) in [4.78, 5) is 89.3. The molecule has 0 radical (unpaired) electrons. The Bertz CT molecular complexity index is 919. The molecule has 2 unspecified atom stereocenters. The summed E-state index contributed by atoms with van der Waals surface area (Å²) in [5, 5.41) is 34.2. The number of carbonyl (C=O) groups excluding carboxylic acids is 4. The van der Waals surface area contributed by atoms with Crippen molar-refractivity contribution in [2.24, 2.45) is 0 Å². The highest BCUT2D eigenvalue weighted by molar-refractivity contribution is 5.92. The maximum Gasteiger partial charge on any atom is 0.331 e. The van der Waals surface area contributed by atoms with Gasteiger partial charge in [0.05, 0.1) is 0 Å². The Morgan fingerprint density at radius 1 is 0.444 bits per heavy atom. The van der Waals surface area contributed by atoms with Crippen molar-refractivity contribution in [3.8, 4) is 0 Å². The van der Waals surface area contributed by atoms with Crippen molar-refractivity contribution < 1.29 is 77.7 Å². The molecule has 0 saturated carbocycles. The van der Waals surface area contributed by atoms with E-state index in [1.807, 2.05) is 0 Å². The molecule has 0 rings (SSSR count). The van der Waals surface area contributed by atoms with Crippen molar-refractivity contribution in [2.75, 3.05) is 13.2 Å². The van der Waals surface area contributed by atoms with E-state index in [0.717, 1.165) is 0 Å². The first-order valence-corrected chi connectivity index (χ1v) is 9.19. The van der Waals surface area contributed by atoms with E-state index >= 15 is 0 Å². The third-order valence-electron chi connectivity index (χ3n) is 3.18. The molecule has 194 valence electrons. The maximum atomic E-state index is 11.9. The molecule has 16 heteroatoms. The Morgan fingerprint density at radius 3 is 0.944 bits per heavy atom. The van der Waals surface area contributed by atoms with Gasteiger partial charge in [0.15, 0.2) is 12.2 Å². The lowest BCUT2D eigenvalue weighted by Gasteiger charge is -2.25. The third kappa shape index (κ3) is 16.4. The van der Waals surface area contributed by atoms with Gasteiger partial charge in [-0.15, -0.1) is 0 Å². The van der Waals surface area contributed by atoms with Gasteiger partial charge >= 0.3 is 47.8 Å². The highest BCUT2D eigenvalue weighted by Gasteiger charge is 2.31. The first-order chi connectivity index (χ1) is 16.8. The number of ether oxygens (including phenoxy) is 4. The molecule has 2 atom stereocenters. The third-order valence-corrected chi connectivity index (χ3v) is 3.18. The molecule has 0 aliphatic heterocycles. The number of rotatable bonds is 15. The molecule has 0 aromatic heterocycles. The molecule has 0 spiro atoms. The van der Waals surface area contributed by atoms with E-state index in [1.54, 1.807) is 0 Å². The van der Waals surface area contributed by atoms with Crippen LogP contribution in [0.25, 0.3) is 0 Å². The number of aliphatic carboxylic acids is 4. The number of carbonyl (C=O) groups is 8. The zero-order valence-electron chi connectivity index (χ0n) is 17.9. The van der Waals surface area contributed by atoms with Gasteiger partial charge in [0, 0.05) is 48.6 Å². The fourth-order valence-corrected chi connectivity index (χ4v) is 1.79. The van der Waals surface area contributed by atoms with Crippen LogP contribution in [-0.2, 0) is 57.3 Å². The quantitative estimate of drug-likeness (QED) is 0.110. The monoisotopic (exact) mass is 514 g/mol.